The Balaban J connectivity index is 1.44. The zero-order valence-corrected chi connectivity index (χ0v) is 34.6. The fourth-order valence-corrected chi connectivity index (χ4v) is 8.59. The summed E-state index contributed by atoms with van der Waals surface area (Å²) in [6.07, 6.45) is -9.04. The number of amides is 2. The topological polar surface area (TPSA) is 435 Å². The van der Waals surface area contributed by atoms with Crippen molar-refractivity contribution < 1.29 is 95.5 Å². The summed E-state index contributed by atoms with van der Waals surface area (Å²) in [6, 6.07) is 0. The minimum atomic E-state index is -5.94. The number of hydrogen-bond donors (Lipinski definition) is 6. The molecule has 59 heavy (non-hydrogen) atoms. The molecular weight excluding hydrogens is 879 g/mol. The molecule has 0 bridgehead atoms. The fraction of sp³-hybridized carbons (Fsp3) is 0.679. The number of rotatable bonds is 25. The number of nitrogens with one attached hydrogen (secondary N) is 2. The molecule has 0 radical (unpaired) electrons. The second-order valence-corrected chi connectivity index (χ2v) is 18.5. The van der Waals surface area contributed by atoms with Gasteiger partial charge in [0.05, 0.1) is 33.5 Å². The van der Waals surface area contributed by atoms with E-state index in [-0.39, 0.29) is 73.0 Å². The SMILES string of the molecule is CC(C)(COP(=O)([O-])OP(=O)([O-])OC[C@H]1O[C@@H](n2cnc3c(N)ncnc32)[C@H](O)[C@@H]1OP(=O)([O-])[O-])[C@@H](O)C(=O)NCCC(=O)NCCSC(=O)CC(O)CCCC(=O)[O-]. The standard InChI is InChI=1S/C28H46N7O20P3S/c1-28(2,23(42)26(43)31-7-6-17(37)30-8-9-59-19(40)10-15(36)4-3-5-18(38)39)12-52-58(49,50)55-57(47,48)51-11-16-22(54-56(44,45)46)21(41)27(53-16)35-14-34-20-24(29)32-13-33-25(20)35/h13-16,21-23,27,36,41-42H,3-12H2,1-2H3,(H,30,37)(H,31,43)(H,38,39)(H,47,48)(H,49,50)(H2,29,32,33)(H2,44,45,46)/p-5/t15?,16-,21-,22-,23+,27-/m1/s1. The van der Waals surface area contributed by atoms with Crippen molar-refractivity contribution in [2.75, 3.05) is 37.8 Å². The van der Waals surface area contributed by atoms with E-state index in [4.69, 9.17) is 10.5 Å². The summed E-state index contributed by atoms with van der Waals surface area (Å²) in [6.45, 7) is -0.245. The smallest absolute Gasteiger partial charge is 0.274 e. The van der Waals surface area contributed by atoms with Gasteiger partial charge < -0.3 is 84.0 Å². The molecule has 31 heteroatoms. The summed E-state index contributed by atoms with van der Waals surface area (Å²) in [4.78, 5) is 106. The van der Waals surface area contributed by atoms with E-state index < -0.39 is 96.6 Å². The van der Waals surface area contributed by atoms with Crippen molar-refractivity contribution in [1.82, 2.24) is 30.2 Å². The highest BCUT2D eigenvalue weighted by Crippen LogP contribution is 2.56. The largest absolute Gasteiger partial charge is 0.790 e. The predicted octanol–water partition coefficient (Wildman–Crippen LogP) is -5.19. The molecule has 3 unspecified atom stereocenters. The van der Waals surface area contributed by atoms with E-state index in [0.29, 0.717) is 0 Å². The number of aromatic nitrogens is 4. The number of carbonyl (C=O) groups excluding carboxylic acids is 4. The van der Waals surface area contributed by atoms with Crippen molar-refractivity contribution in [2.45, 2.75) is 82.7 Å². The summed E-state index contributed by atoms with van der Waals surface area (Å²) in [5.41, 5.74) is 3.99. The molecule has 1 saturated heterocycles. The monoisotopic (exact) mass is 920 g/mol. The van der Waals surface area contributed by atoms with Gasteiger partial charge in [0, 0.05) is 43.1 Å². The van der Waals surface area contributed by atoms with Gasteiger partial charge >= 0.3 is 0 Å². The minimum absolute atomic E-state index is 0.0293. The Hall–Kier alpha value is -3.01. The maximum Gasteiger partial charge on any atom is 0.274 e. The molecule has 2 aromatic rings. The zero-order valence-electron chi connectivity index (χ0n) is 31.1. The van der Waals surface area contributed by atoms with Crippen LogP contribution >= 0.6 is 35.2 Å². The number of thioether (sulfide) groups is 1. The van der Waals surface area contributed by atoms with Crippen LogP contribution in [0.5, 0.6) is 0 Å². The van der Waals surface area contributed by atoms with Crippen molar-refractivity contribution in [3.05, 3.63) is 12.7 Å². The summed E-state index contributed by atoms with van der Waals surface area (Å²) in [5.74, 6) is -2.82. The molecule has 3 heterocycles. The molecule has 3 rings (SSSR count). The predicted molar refractivity (Wildman–Crippen MR) is 188 cm³/mol. The van der Waals surface area contributed by atoms with Crippen LogP contribution in [0.25, 0.3) is 11.2 Å². The van der Waals surface area contributed by atoms with E-state index in [9.17, 15) is 72.9 Å². The van der Waals surface area contributed by atoms with Gasteiger partial charge in [0.1, 0.15) is 36.3 Å². The van der Waals surface area contributed by atoms with Gasteiger partial charge in [-0.1, -0.05) is 25.6 Å². The summed E-state index contributed by atoms with van der Waals surface area (Å²) in [5, 5.41) is 45.9. The third-order valence-electron chi connectivity index (χ3n) is 8.06. The average Bonchev–Trinajstić information content (AvgIpc) is 3.67. The molecular formula is C28H41N7O20P3S-5. The van der Waals surface area contributed by atoms with Gasteiger partial charge in [-0.05, 0) is 19.3 Å². The normalized spacial score (nSPS) is 21.6. The van der Waals surface area contributed by atoms with Crippen LogP contribution < -0.4 is 41.0 Å². The highest BCUT2D eigenvalue weighted by Gasteiger charge is 2.47. The third kappa shape index (κ3) is 16.4. The lowest BCUT2D eigenvalue weighted by molar-refractivity contribution is -0.347. The second-order valence-electron chi connectivity index (χ2n) is 13.3. The molecule has 1 aliphatic heterocycles. The van der Waals surface area contributed by atoms with Crippen LogP contribution in [0, 0.1) is 5.41 Å². The van der Waals surface area contributed by atoms with E-state index >= 15 is 0 Å². The van der Waals surface area contributed by atoms with Crippen LogP contribution in [0.1, 0.15) is 52.2 Å². The number of imidazole rings is 1. The molecule has 7 N–H and O–H groups in total. The number of ether oxygens (including phenoxy) is 1. The molecule has 2 amide bonds. The maximum atomic E-state index is 12.5. The number of fused-ring (bicyclic) bond motifs is 1. The van der Waals surface area contributed by atoms with Gasteiger partial charge in [-0.25, -0.2) is 19.3 Å². The maximum absolute atomic E-state index is 12.5. The van der Waals surface area contributed by atoms with Gasteiger partial charge in [-0.15, -0.1) is 0 Å². The first-order valence-electron chi connectivity index (χ1n) is 17.2. The number of carbonyl (C=O) groups is 4. The van der Waals surface area contributed by atoms with Crippen LogP contribution in [0.3, 0.4) is 0 Å². The van der Waals surface area contributed by atoms with Crippen LogP contribution in [0.4, 0.5) is 5.82 Å². The van der Waals surface area contributed by atoms with E-state index in [0.717, 1.165) is 42.8 Å². The molecule has 0 spiro atoms. The Bertz CT molecular complexity index is 1940. The number of carboxylic acid groups (broad SMARTS) is 1. The molecule has 334 valence electrons. The van der Waals surface area contributed by atoms with Crippen molar-refractivity contribution in [1.29, 1.82) is 0 Å². The number of aliphatic hydroxyl groups excluding tert-OH is 3. The number of aliphatic hydroxyl groups is 3. The van der Waals surface area contributed by atoms with Crippen LogP contribution in [0.2, 0.25) is 0 Å². The molecule has 27 nitrogen and oxygen atoms in total. The van der Waals surface area contributed by atoms with Crippen molar-refractivity contribution in [2.24, 2.45) is 5.41 Å². The lowest BCUT2D eigenvalue weighted by Gasteiger charge is -2.36. The first kappa shape index (κ1) is 50.3. The van der Waals surface area contributed by atoms with Gasteiger partial charge in [-0.3, -0.25) is 28.1 Å². The van der Waals surface area contributed by atoms with Crippen molar-refractivity contribution in [3.63, 3.8) is 0 Å². The number of phosphoric acid groups is 3. The Morgan fingerprint density at radius 2 is 1.71 bits per heavy atom. The van der Waals surface area contributed by atoms with Gasteiger partial charge in [-0.2, -0.15) is 0 Å². The average molecular weight is 921 g/mol. The first-order valence-corrected chi connectivity index (χ1v) is 22.5. The molecule has 0 aliphatic carbocycles. The number of nitrogen functional groups attached to an aromatic ring is 1. The highest BCUT2D eigenvalue weighted by atomic mass is 32.2. The number of carboxylic acids is 1. The van der Waals surface area contributed by atoms with E-state index in [1.807, 2.05) is 0 Å². The van der Waals surface area contributed by atoms with Crippen molar-refractivity contribution in [3.8, 4) is 0 Å². The summed E-state index contributed by atoms with van der Waals surface area (Å²) in [7, 11) is -17.7. The summed E-state index contributed by atoms with van der Waals surface area (Å²) < 4.78 is 60.4. The summed E-state index contributed by atoms with van der Waals surface area (Å²) >= 11 is 0.838. The second kappa shape index (κ2) is 21.7. The quantitative estimate of drug-likeness (QED) is 0.0400. The number of nitrogens with two attached hydrogens (primary N) is 1. The number of aliphatic carboxylic acids is 1. The molecule has 8 atom stereocenters. The van der Waals surface area contributed by atoms with E-state index in [1.165, 1.54) is 0 Å². The zero-order chi connectivity index (χ0) is 44.3. The molecule has 1 fully saturated rings. The van der Waals surface area contributed by atoms with E-state index in [1.54, 1.807) is 0 Å². The number of hydrogen-bond acceptors (Lipinski definition) is 25. The lowest BCUT2D eigenvalue weighted by atomic mass is 9.87. The van der Waals surface area contributed by atoms with Crippen LogP contribution in [-0.4, -0.2) is 120 Å². The minimum Gasteiger partial charge on any atom is -0.790 e. The lowest BCUT2D eigenvalue weighted by Crippen LogP contribution is -2.46. The number of nitrogens with zero attached hydrogens (tertiary/aromatic N) is 4. The fourth-order valence-electron chi connectivity index (χ4n) is 5.11. The Morgan fingerprint density at radius 1 is 1.03 bits per heavy atom. The Labute approximate surface area is 338 Å². The van der Waals surface area contributed by atoms with E-state index in [2.05, 4.69) is 43.5 Å². The van der Waals surface area contributed by atoms with Gasteiger partial charge in [0.15, 0.2) is 22.8 Å². The number of anilines is 1. The Kier molecular flexibility index (Phi) is 18.5. The molecule has 1 aliphatic rings. The van der Waals surface area contributed by atoms with Gasteiger partial charge in [0.25, 0.3) is 15.6 Å². The number of phosphoric ester groups is 3. The molecule has 2 aromatic heterocycles. The highest BCUT2D eigenvalue weighted by molar-refractivity contribution is 8.13. The third-order valence-corrected chi connectivity index (χ3v) is 12.0. The Morgan fingerprint density at radius 3 is 2.37 bits per heavy atom. The first-order chi connectivity index (χ1) is 27.3. The van der Waals surface area contributed by atoms with Crippen LogP contribution in [0.15, 0.2) is 12.7 Å². The van der Waals surface area contributed by atoms with Crippen molar-refractivity contribution >= 4 is 75.1 Å². The van der Waals surface area contributed by atoms with Gasteiger partial charge in [0.2, 0.25) is 11.8 Å². The molecule has 0 aromatic carbocycles. The van der Waals surface area contributed by atoms with Crippen LogP contribution in [-0.2, 0) is 55.5 Å². The molecule has 0 saturated carbocycles.